The number of amides is 1. The molecule has 0 spiro atoms. The zero-order chi connectivity index (χ0) is 16.5. The Kier molecular flexibility index (Phi) is 4.67. The third-order valence-corrected chi connectivity index (χ3v) is 5.31. The molecule has 2 aromatic heterocycles. The van der Waals surface area contributed by atoms with E-state index >= 15 is 0 Å². The Labute approximate surface area is 132 Å². The van der Waals surface area contributed by atoms with Crippen LogP contribution in [0.1, 0.15) is 41.9 Å². The summed E-state index contributed by atoms with van der Waals surface area (Å²) in [5, 5.41) is 13.5. The van der Waals surface area contributed by atoms with Crippen LogP contribution in [-0.4, -0.2) is 32.7 Å². The Morgan fingerprint density at radius 3 is 2.68 bits per heavy atom. The van der Waals surface area contributed by atoms with E-state index in [0.29, 0.717) is 33.5 Å². The minimum absolute atomic E-state index is 0.156. The van der Waals surface area contributed by atoms with Crippen molar-refractivity contribution in [1.29, 1.82) is 0 Å². The predicted octanol–water partition coefficient (Wildman–Crippen LogP) is 1.58. The second-order valence-electron chi connectivity index (χ2n) is 5.51. The molecular formula is C15H21N3O3S. The Morgan fingerprint density at radius 2 is 2.09 bits per heavy atom. The molecule has 22 heavy (non-hydrogen) atoms. The summed E-state index contributed by atoms with van der Waals surface area (Å²) in [6.45, 7) is 5.71. The number of aliphatic hydroxyl groups is 1. The van der Waals surface area contributed by atoms with Crippen LogP contribution in [0, 0.1) is 6.92 Å². The number of fused-ring (bicyclic) bond motifs is 1. The van der Waals surface area contributed by atoms with Gasteiger partial charge in [-0.15, -0.1) is 11.3 Å². The average molecular weight is 323 g/mol. The van der Waals surface area contributed by atoms with Gasteiger partial charge in [0, 0.05) is 13.6 Å². The summed E-state index contributed by atoms with van der Waals surface area (Å²) in [5.74, 6) is -0.275. The Morgan fingerprint density at radius 1 is 1.45 bits per heavy atom. The first-order chi connectivity index (χ1) is 10.3. The summed E-state index contributed by atoms with van der Waals surface area (Å²) in [7, 11) is 1.63. The number of aromatic nitrogens is 2. The van der Waals surface area contributed by atoms with Gasteiger partial charge >= 0.3 is 0 Å². The minimum Gasteiger partial charge on any atom is -0.388 e. The van der Waals surface area contributed by atoms with Crippen molar-refractivity contribution < 1.29 is 9.90 Å². The lowest BCUT2D eigenvalue weighted by molar-refractivity contribution is 0.0314. The highest BCUT2D eigenvalue weighted by atomic mass is 32.1. The maximum absolute atomic E-state index is 12.4. The van der Waals surface area contributed by atoms with Crippen molar-refractivity contribution in [2.24, 2.45) is 7.05 Å². The molecule has 2 heterocycles. The van der Waals surface area contributed by atoms with Gasteiger partial charge in [-0.25, -0.2) is 4.98 Å². The van der Waals surface area contributed by atoms with Crippen molar-refractivity contribution >= 4 is 27.5 Å². The number of carbonyl (C=O) groups excluding carboxylic acids is 1. The third-order valence-electron chi connectivity index (χ3n) is 4.11. The first-order valence-electron chi connectivity index (χ1n) is 7.28. The molecule has 0 radical (unpaired) electrons. The molecule has 0 aromatic carbocycles. The Bertz CT molecular complexity index is 759. The molecule has 0 fully saturated rings. The fourth-order valence-electron chi connectivity index (χ4n) is 2.25. The molecule has 2 rings (SSSR count). The largest absolute Gasteiger partial charge is 0.388 e. The predicted molar refractivity (Wildman–Crippen MR) is 87.5 cm³/mol. The van der Waals surface area contributed by atoms with Gasteiger partial charge in [0.2, 0.25) is 0 Å². The van der Waals surface area contributed by atoms with Gasteiger partial charge in [-0.1, -0.05) is 13.8 Å². The molecule has 0 saturated carbocycles. The van der Waals surface area contributed by atoms with Crippen molar-refractivity contribution in [3.63, 3.8) is 0 Å². The monoisotopic (exact) mass is 323 g/mol. The molecule has 0 aliphatic carbocycles. The van der Waals surface area contributed by atoms with Crippen LogP contribution in [0.5, 0.6) is 0 Å². The SMILES string of the molecule is CCC(O)(CC)CNC(=O)c1sc2ncn(C)c(=O)c2c1C. The highest BCUT2D eigenvalue weighted by molar-refractivity contribution is 7.20. The lowest BCUT2D eigenvalue weighted by Gasteiger charge is -2.25. The van der Waals surface area contributed by atoms with E-state index in [-0.39, 0.29) is 18.0 Å². The molecule has 0 bridgehead atoms. The minimum atomic E-state index is -0.894. The maximum Gasteiger partial charge on any atom is 0.262 e. The van der Waals surface area contributed by atoms with E-state index in [4.69, 9.17) is 0 Å². The number of aryl methyl sites for hydroxylation is 2. The number of carbonyl (C=O) groups is 1. The van der Waals surface area contributed by atoms with Crippen LogP contribution in [-0.2, 0) is 7.05 Å². The highest BCUT2D eigenvalue weighted by Crippen LogP contribution is 2.26. The van der Waals surface area contributed by atoms with Crippen LogP contribution in [0.25, 0.3) is 10.2 Å². The van der Waals surface area contributed by atoms with Crippen molar-refractivity contribution in [3.8, 4) is 0 Å². The summed E-state index contributed by atoms with van der Waals surface area (Å²) < 4.78 is 1.40. The van der Waals surface area contributed by atoms with E-state index < -0.39 is 5.60 Å². The lowest BCUT2D eigenvalue weighted by atomic mass is 9.97. The van der Waals surface area contributed by atoms with Crippen molar-refractivity contribution in [2.45, 2.75) is 39.2 Å². The Balaban J connectivity index is 2.32. The molecule has 2 N–H and O–H groups in total. The van der Waals surface area contributed by atoms with Crippen LogP contribution in [0.3, 0.4) is 0 Å². The van der Waals surface area contributed by atoms with Gasteiger partial charge in [-0.2, -0.15) is 0 Å². The molecule has 0 atom stereocenters. The molecule has 0 saturated heterocycles. The van der Waals surface area contributed by atoms with E-state index in [1.165, 1.54) is 22.2 Å². The number of thiophene rings is 1. The van der Waals surface area contributed by atoms with Crippen molar-refractivity contribution in [3.05, 3.63) is 27.1 Å². The standard InChI is InChI=1S/C15H21N3O3S/c1-5-15(21,6-2)7-16-12(19)11-9(3)10-13(22-11)17-8-18(4)14(10)20/h8,21H,5-7H2,1-4H3,(H,16,19). The molecule has 120 valence electrons. The second-order valence-corrected chi connectivity index (χ2v) is 6.51. The summed E-state index contributed by atoms with van der Waals surface area (Å²) in [5.41, 5.74) is -0.409. The first kappa shape index (κ1) is 16.6. The van der Waals surface area contributed by atoms with E-state index in [2.05, 4.69) is 10.3 Å². The topological polar surface area (TPSA) is 84.2 Å². The van der Waals surface area contributed by atoms with Crippen LogP contribution in [0.4, 0.5) is 0 Å². The summed E-state index contributed by atoms with van der Waals surface area (Å²) in [4.78, 5) is 29.7. The summed E-state index contributed by atoms with van der Waals surface area (Å²) in [6.07, 6.45) is 2.59. The maximum atomic E-state index is 12.4. The van der Waals surface area contributed by atoms with Gasteiger partial charge in [0.1, 0.15) is 4.83 Å². The van der Waals surface area contributed by atoms with Gasteiger partial charge in [0.05, 0.1) is 22.2 Å². The summed E-state index contributed by atoms with van der Waals surface area (Å²) >= 11 is 1.20. The third kappa shape index (κ3) is 2.91. The van der Waals surface area contributed by atoms with Crippen LogP contribution >= 0.6 is 11.3 Å². The van der Waals surface area contributed by atoms with Gasteiger partial charge < -0.3 is 15.0 Å². The smallest absolute Gasteiger partial charge is 0.262 e. The quantitative estimate of drug-likeness (QED) is 0.875. The normalized spacial score (nSPS) is 11.9. The molecule has 7 heteroatoms. The zero-order valence-electron chi connectivity index (χ0n) is 13.3. The van der Waals surface area contributed by atoms with Gasteiger partial charge in [-0.05, 0) is 25.3 Å². The molecule has 6 nitrogen and oxygen atoms in total. The number of nitrogens with one attached hydrogen (secondary N) is 1. The van der Waals surface area contributed by atoms with Crippen molar-refractivity contribution in [2.75, 3.05) is 6.54 Å². The van der Waals surface area contributed by atoms with Crippen molar-refractivity contribution in [1.82, 2.24) is 14.9 Å². The average Bonchev–Trinajstić information content (AvgIpc) is 2.86. The number of nitrogens with zero attached hydrogens (tertiary/aromatic N) is 2. The fraction of sp³-hybridized carbons (Fsp3) is 0.533. The molecular weight excluding hydrogens is 302 g/mol. The highest BCUT2D eigenvalue weighted by Gasteiger charge is 2.25. The molecule has 0 aliphatic rings. The second kappa shape index (κ2) is 6.18. The number of hydrogen-bond acceptors (Lipinski definition) is 5. The van der Waals surface area contributed by atoms with E-state index in [9.17, 15) is 14.7 Å². The molecule has 1 amide bonds. The van der Waals surface area contributed by atoms with Gasteiger partial charge in [0.25, 0.3) is 11.5 Å². The van der Waals surface area contributed by atoms with Gasteiger partial charge in [0.15, 0.2) is 0 Å². The summed E-state index contributed by atoms with van der Waals surface area (Å²) in [6, 6.07) is 0. The fourth-order valence-corrected chi connectivity index (χ4v) is 3.31. The van der Waals surface area contributed by atoms with Crippen LogP contribution in [0.15, 0.2) is 11.1 Å². The Hall–Kier alpha value is -1.73. The molecule has 2 aromatic rings. The van der Waals surface area contributed by atoms with E-state index in [1.807, 2.05) is 13.8 Å². The molecule has 0 unspecified atom stereocenters. The lowest BCUT2D eigenvalue weighted by Crippen LogP contribution is -2.42. The van der Waals surface area contributed by atoms with Crippen LogP contribution < -0.4 is 10.9 Å². The van der Waals surface area contributed by atoms with E-state index in [1.54, 1.807) is 14.0 Å². The number of hydrogen-bond donors (Lipinski definition) is 2. The zero-order valence-corrected chi connectivity index (χ0v) is 14.1. The molecule has 0 aliphatic heterocycles. The van der Waals surface area contributed by atoms with E-state index in [0.717, 1.165) is 0 Å². The first-order valence-corrected chi connectivity index (χ1v) is 8.10. The van der Waals surface area contributed by atoms with Gasteiger partial charge in [-0.3, -0.25) is 9.59 Å². The number of rotatable bonds is 5. The van der Waals surface area contributed by atoms with Crippen LogP contribution in [0.2, 0.25) is 0 Å².